The van der Waals surface area contributed by atoms with Crippen LogP contribution in [0.2, 0.25) is 0 Å². The topological polar surface area (TPSA) is 33.1 Å². The van der Waals surface area contributed by atoms with Crippen molar-refractivity contribution in [1.82, 2.24) is 4.98 Å². The fourth-order valence-corrected chi connectivity index (χ4v) is 2.09. The fourth-order valence-electron chi connectivity index (χ4n) is 1.52. The Kier molecular flexibility index (Phi) is 5.71. The Morgan fingerprint density at radius 2 is 2.20 bits per heavy atom. The van der Waals surface area contributed by atoms with Crippen LogP contribution in [0.1, 0.15) is 24.0 Å². The summed E-state index contributed by atoms with van der Waals surface area (Å²) >= 11 is 1.47. The summed E-state index contributed by atoms with van der Waals surface area (Å²) in [5.74, 6) is 0. The number of aromatic nitrogens is 1. The first-order valence-corrected chi connectivity index (χ1v) is 6.80. The van der Waals surface area contributed by atoms with E-state index in [1.807, 2.05) is 12.3 Å². The van der Waals surface area contributed by atoms with Crippen LogP contribution in [0.25, 0.3) is 6.08 Å². The maximum atomic E-state index is 12.5. The van der Waals surface area contributed by atoms with Gasteiger partial charge in [-0.2, -0.15) is 13.2 Å². The molecule has 0 spiro atoms. The van der Waals surface area contributed by atoms with Crippen molar-refractivity contribution in [2.75, 3.05) is 0 Å². The smallest absolute Gasteiger partial charge is 0.388 e. The molecule has 1 atom stereocenters. The number of hydrogen-bond acceptors (Lipinski definition) is 3. The van der Waals surface area contributed by atoms with Crippen LogP contribution in [0.5, 0.6) is 0 Å². The third-order valence-corrected chi connectivity index (χ3v) is 3.44. The summed E-state index contributed by atoms with van der Waals surface area (Å²) in [5, 5.41) is 12.6. The van der Waals surface area contributed by atoms with Crippen LogP contribution in [0, 0.1) is 6.92 Å². The highest BCUT2D eigenvalue weighted by atomic mass is 32.1. The second-order valence-electron chi connectivity index (χ2n) is 4.29. The SMILES string of the molecule is C=C/C(=C\C[C@H](O)/C(C)=C/c1csc(C)n1)C(F)(F)F. The highest BCUT2D eigenvalue weighted by Gasteiger charge is 2.31. The average molecular weight is 303 g/mol. The Morgan fingerprint density at radius 3 is 2.65 bits per heavy atom. The van der Waals surface area contributed by atoms with Crippen LogP contribution in [-0.2, 0) is 0 Å². The largest absolute Gasteiger partial charge is 0.416 e. The lowest BCUT2D eigenvalue weighted by Crippen LogP contribution is -2.12. The number of allylic oxidation sites excluding steroid dienone is 2. The van der Waals surface area contributed by atoms with Crippen molar-refractivity contribution in [1.29, 1.82) is 0 Å². The summed E-state index contributed by atoms with van der Waals surface area (Å²) in [7, 11) is 0. The van der Waals surface area contributed by atoms with E-state index in [4.69, 9.17) is 0 Å². The van der Waals surface area contributed by atoms with Gasteiger partial charge in [0.1, 0.15) is 0 Å². The summed E-state index contributed by atoms with van der Waals surface area (Å²) in [5.41, 5.74) is 0.429. The Labute approximate surface area is 120 Å². The zero-order valence-corrected chi connectivity index (χ0v) is 12.1. The van der Waals surface area contributed by atoms with Crippen LogP contribution < -0.4 is 0 Å². The van der Waals surface area contributed by atoms with E-state index in [1.54, 1.807) is 13.0 Å². The molecule has 110 valence electrons. The molecule has 1 rings (SSSR count). The normalized spacial score (nSPS) is 15.3. The van der Waals surface area contributed by atoms with Gasteiger partial charge in [0.15, 0.2) is 0 Å². The van der Waals surface area contributed by atoms with Gasteiger partial charge in [0.25, 0.3) is 0 Å². The predicted octanol–water partition coefficient (Wildman–Crippen LogP) is 4.28. The van der Waals surface area contributed by atoms with Crippen molar-refractivity contribution in [3.05, 3.63) is 46.0 Å². The van der Waals surface area contributed by atoms with Crippen molar-refractivity contribution in [3.8, 4) is 0 Å². The van der Waals surface area contributed by atoms with E-state index < -0.39 is 17.9 Å². The molecular weight excluding hydrogens is 287 g/mol. The molecule has 1 heterocycles. The molecule has 0 aromatic carbocycles. The minimum atomic E-state index is -4.44. The minimum Gasteiger partial charge on any atom is -0.388 e. The number of rotatable bonds is 5. The van der Waals surface area contributed by atoms with Crippen LogP contribution >= 0.6 is 11.3 Å². The summed E-state index contributed by atoms with van der Waals surface area (Å²) in [6.45, 7) is 6.65. The molecule has 0 amide bonds. The number of halogens is 3. The van der Waals surface area contributed by atoms with E-state index >= 15 is 0 Å². The second-order valence-corrected chi connectivity index (χ2v) is 5.35. The van der Waals surface area contributed by atoms with Crippen molar-refractivity contribution >= 4 is 17.4 Å². The maximum absolute atomic E-state index is 12.5. The van der Waals surface area contributed by atoms with E-state index in [2.05, 4.69) is 11.6 Å². The van der Waals surface area contributed by atoms with Crippen LogP contribution in [0.4, 0.5) is 13.2 Å². The summed E-state index contributed by atoms with van der Waals surface area (Å²) in [6, 6.07) is 0. The third kappa shape index (κ3) is 4.94. The van der Waals surface area contributed by atoms with Crippen LogP contribution in [0.15, 0.2) is 35.3 Å². The Bertz CT molecular complexity index is 529. The van der Waals surface area contributed by atoms with Gasteiger partial charge in [0.2, 0.25) is 0 Å². The van der Waals surface area contributed by atoms with Crippen LogP contribution in [-0.4, -0.2) is 22.4 Å². The predicted molar refractivity (Wildman–Crippen MR) is 75.5 cm³/mol. The molecule has 0 aliphatic carbocycles. The van der Waals surface area contributed by atoms with Crippen LogP contribution in [0.3, 0.4) is 0 Å². The second kappa shape index (κ2) is 6.85. The van der Waals surface area contributed by atoms with Gasteiger partial charge in [-0.05, 0) is 31.9 Å². The van der Waals surface area contributed by atoms with Gasteiger partial charge in [-0.1, -0.05) is 18.7 Å². The molecule has 0 saturated heterocycles. The molecule has 0 aliphatic rings. The molecule has 0 aliphatic heterocycles. The lowest BCUT2D eigenvalue weighted by atomic mass is 10.1. The van der Waals surface area contributed by atoms with Crippen molar-refractivity contribution in [3.63, 3.8) is 0 Å². The third-order valence-electron chi connectivity index (χ3n) is 2.65. The zero-order valence-electron chi connectivity index (χ0n) is 11.2. The molecule has 6 heteroatoms. The van der Waals surface area contributed by atoms with E-state index in [0.29, 0.717) is 11.3 Å². The molecular formula is C14H16F3NOS. The van der Waals surface area contributed by atoms with E-state index in [-0.39, 0.29) is 6.42 Å². The fraction of sp³-hybridized carbons (Fsp3) is 0.357. The van der Waals surface area contributed by atoms with E-state index in [1.165, 1.54) is 11.3 Å². The number of alkyl halides is 3. The van der Waals surface area contributed by atoms with Crippen molar-refractivity contribution in [2.24, 2.45) is 0 Å². The molecule has 1 aromatic rings. The van der Waals surface area contributed by atoms with Gasteiger partial charge in [0.05, 0.1) is 22.4 Å². The van der Waals surface area contributed by atoms with Crippen molar-refractivity contribution < 1.29 is 18.3 Å². The Hall–Kier alpha value is -1.40. The maximum Gasteiger partial charge on any atom is 0.416 e. The van der Waals surface area contributed by atoms with Gasteiger partial charge in [-0.3, -0.25) is 0 Å². The monoisotopic (exact) mass is 303 g/mol. The number of nitrogens with zero attached hydrogens (tertiary/aromatic N) is 1. The number of aliphatic hydroxyl groups excluding tert-OH is 1. The first-order valence-electron chi connectivity index (χ1n) is 5.92. The standard InChI is InChI=1S/C14H16F3NOS/c1-4-11(14(15,16)17)5-6-13(19)9(2)7-12-8-20-10(3)18-12/h4-5,7-8,13,19H,1,6H2,2-3H3/b9-7+,11-5+/t13-/m0/s1. The van der Waals surface area contributed by atoms with Gasteiger partial charge in [0, 0.05) is 5.38 Å². The molecule has 0 saturated carbocycles. The molecule has 2 nitrogen and oxygen atoms in total. The molecule has 0 radical (unpaired) electrons. The van der Waals surface area contributed by atoms with E-state index in [9.17, 15) is 18.3 Å². The highest BCUT2D eigenvalue weighted by Crippen LogP contribution is 2.27. The molecule has 0 unspecified atom stereocenters. The molecule has 0 bridgehead atoms. The Balaban J connectivity index is 2.75. The average Bonchev–Trinajstić information content (AvgIpc) is 2.73. The van der Waals surface area contributed by atoms with E-state index in [0.717, 1.165) is 17.2 Å². The van der Waals surface area contributed by atoms with Gasteiger partial charge < -0.3 is 5.11 Å². The Morgan fingerprint density at radius 1 is 1.55 bits per heavy atom. The number of thiazole rings is 1. The highest BCUT2D eigenvalue weighted by molar-refractivity contribution is 7.09. The number of hydrogen-bond donors (Lipinski definition) is 1. The van der Waals surface area contributed by atoms with Gasteiger partial charge in [-0.15, -0.1) is 11.3 Å². The lowest BCUT2D eigenvalue weighted by molar-refractivity contribution is -0.0884. The molecule has 0 fully saturated rings. The zero-order chi connectivity index (χ0) is 15.3. The quantitative estimate of drug-likeness (QED) is 0.824. The van der Waals surface area contributed by atoms with Gasteiger partial charge >= 0.3 is 6.18 Å². The number of aryl methyl sites for hydroxylation is 1. The van der Waals surface area contributed by atoms with Gasteiger partial charge in [-0.25, -0.2) is 4.98 Å². The first kappa shape index (κ1) is 16.7. The minimum absolute atomic E-state index is 0.119. The summed E-state index contributed by atoms with van der Waals surface area (Å²) in [4.78, 5) is 4.20. The molecule has 1 N–H and O–H groups in total. The summed E-state index contributed by atoms with van der Waals surface area (Å²) in [6.07, 6.45) is -2.17. The van der Waals surface area contributed by atoms with Crippen molar-refractivity contribution in [2.45, 2.75) is 32.5 Å². The number of aliphatic hydroxyl groups is 1. The lowest BCUT2D eigenvalue weighted by Gasteiger charge is -2.11. The first-order chi connectivity index (χ1) is 9.24. The molecule has 1 aromatic heterocycles. The summed E-state index contributed by atoms with van der Waals surface area (Å²) < 4.78 is 37.4. The molecule has 20 heavy (non-hydrogen) atoms.